The molecule has 5 heteroatoms. The maximum atomic E-state index is 12.2. The summed E-state index contributed by atoms with van der Waals surface area (Å²) in [6, 6.07) is 12.0. The third kappa shape index (κ3) is 4.38. The second-order valence-corrected chi connectivity index (χ2v) is 5.66. The van der Waals surface area contributed by atoms with Crippen molar-refractivity contribution in [1.29, 1.82) is 0 Å². The number of carbonyl (C=O) groups excluding carboxylic acids is 1. The molecular formula is C16H15Cl2NO2. The van der Waals surface area contributed by atoms with Crippen LogP contribution in [0.2, 0.25) is 10.0 Å². The number of aromatic hydroxyl groups is 1. The van der Waals surface area contributed by atoms with Gasteiger partial charge in [0.1, 0.15) is 5.75 Å². The molecule has 0 unspecified atom stereocenters. The molecule has 0 bridgehead atoms. The van der Waals surface area contributed by atoms with E-state index in [4.69, 9.17) is 23.2 Å². The van der Waals surface area contributed by atoms with Crippen molar-refractivity contribution in [3.05, 3.63) is 63.6 Å². The van der Waals surface area contributed by atoms with E-state index in [0.717, 1.165) is 11.1 Å². The number of likely N-dealkylation sites (N-methyl/N-ethyl adjacent to an activating group) is 1. The van der Waals surface area contributed by atoms with Gasteiger partial charge in [-0.3, -0.25) is 4.79 Å². The van der Waals surface area contributed by atoms with Crippen LogP contribution in [0.5, 0.6) is 5.75 Å². The van der Waals surface area contributed by atoms with Crippen molar-refractivity contribution in [2.45, 2.75) is 13.0 Å². The summed E-state index contributed by atoms with van der Waals surface area (Å²) in [5, 5.41) is 10.3. The fraction of sp³-hybridized carbons (Fsp3) is 0.188. The highest BCUT2D eigenvalue weighted by molar-refractivity contribution is 6.42. The largest absolute Gasteiger partial charge is 0.508 e. The zero-order valence-electron chi connectivity index (χ0n) is 11.5. The predicted octanol–water partition coefficient (Wildman–Crippen LogP) is 3.90. The molecule has 3 nitrogen and oxygen atoms in total. The number of benzene rings is 2. The molecule has 0 aliphatic heterocycles. The second kappa shape index (κ2) is 6.83. The number of phenolic OH excluding ortho intramolecular Hbond substituents is 1. The minimum Gasteiger partial charge on any atom is -0.508 e. The number of rotatable bonds is 4. The van der Waals surface area contributed by atoms with E-state index in [1.807, 2.05) is 6.07 Å². The molecule has 0 aliphatic carbocycles. The minimum atomic E-state index is -0.0308. The zero-order chi connectivity index (χ0) is 15.4. The van der Waals surface area contributed by atoms with Crippen LogP contribution in [0.4, 0.5) is 0 Å². The van der Waals surface area contributed by atoms with E-state index < -0.39 is 0 Å². The standard InChI is InChI=1S/C16H15Cl2NO2/c1-19(10-12-3-2-4-13(20)7-12)16(21)9-11-5-6-14(17)15(18)8-11/h2-8,20H,9-10H2,1H3. The average molecular weight is 324 g/mol. The highest BCUT2D eigenvalue weighted by Gasteiger charge is 2.11. The van der Waals surface area contributed by atoms with Gasteiger partial charge in [0.15, 0.2) is 0 Å². The van der Waals surface area contributed by atoms with Crippen LogP contribution in [0.15, 0.2) is 42.5 Å². The molecule has 0 saturated heterocycles. The lowest BCUT2D eigenvalue weighted by molar-refractivity contribution is -0.129. The van der Waals surface area contributed by atoms with E-state index in [2.05, 4.69) is 0 Å². The van der Waals surface area contributed by atoms with E-state index >= 15 is 0 Å². The first-order valence-electron chi connectivity index (χ1n) is 6.41. The van der Waals surface area contributed by atoms with Gasteiger partial charge < -0.3 is 10.0 Å². The maximum Gasteiger partial charge on any atom is 0.227 e. The van der Waals surface area contributed by atoms with Gasteiger partial charge in [0.25, 0.3) is 0 Å². The van der Waals surface area contributed by atoms with Crippen molar-refractivity contribution >= 4 is 29.1 Å². The maximum absolute atomic E-state index is 12.2. The van der Waals surface area contributed by atoms with Gasteiger partial charge >= 0.3 is 0 Å². The summed E-state index contributed by atoms with van der Waals surface area (Å²) in [7, 11) is 1.73. The van der Waals surface area contributed by atoms with Gasteiger partial charge in [-0.05, 0) is 35.4 Å². The third-order valence-electron chi connectivity index (χ3n) is 3.10. The lowest BCUT2D eigenvalue weighted by Crippen LogP contribution is -2.27. The molecule has 110 valence electrons. The van der Waals surface area contributed by atoms with Crippen LogP contribution in [0.1, 0.15) is 11.1 Å². The first kappa shape index (κ1) is 15.7. The minimum absolute atomic E-state index is 0.0308. The van der Waals surface area contributed by atoms with Crippen LogP contribution in [-0.2, 0) is 17.8 Å². The summed E-state index contributed by atoms with van der Waals surface area (Å²) >= 11 is 11.8. The van der Waals surface area contributed by atoms with Crippen LogP contribution >= 0.6 is 23.2 Å². The highest BCUT2D eigenvalue weighted by Crippen LogP contribution is 2.23. The van der Waals surface area contributed by atoms with Crippen molar-refractivity contribution in [2.24, 2.45) is 0 Å². The lowest BCUT2D eigenvalue weighted by atomic mass is 10.1. The van der Waals surface area contributed by atoms with Crippen LogP contribution in [0.25, 0.3) is 0 Å². The lowest BCUT2D eigenvalue weighted by Gasteiger charge is -2.17. The van der Waals surface area contributed by atoms with Gasteiger partial charge in [0.2, 0.25) is 5.91 Å². The first-order chi connectivity index (χ1) is 9.95. The van der Waals surface area contributed by atoms with E-state index in [-0.39, 0.29) is 18.1 Å². The Morgan fingerprint density at radius 3 is 2.52 bits per heavy atom. The summed E-state index contributed by atoms with van der Waals surface area (Å²) in [5.41, 5.74) is 1.69. The summed E-state index contributed by atoms with van der Waals surface area (Å²) in [6.45, 7) is 0.439. The highest BCUT2D eigenvalue weighted by atomic mass is 35.5. The Hall–Kier alpha value is -1.71. The Bertz CT molecular complexity index is 658. The molecule has 1 amide bonds. The molecule has 0 heterocycles. The molecule has 0 spiro atoms. The monoisotopic (exact) mass is 323 g/mol. The summed E-state index contributed by atoms with van der Waals surface area (Å²) in [5.74, 6) is 0.162. The van der Waals surface area contributed by atoms with Gasteiger partial charge in [-0.25, -0.2) is 0 Å². The number of phenols is 1. The predicted molar refractivity (Wildman–Crippen MR) is 84.7 cm³/mol. The van der Waals surface area contributed by atoms with E-state index in [0.29, 0.717) is 16.6 Å². The Labute approximate surface area is 133 Å². The summed E-state index contributed by atoms with van der Waals surface area (Å²) < 4.78 is 0. The average Bonchev–Trinajstić information content (AvgIpc) is 2.43. The number of hydrogen-bond acceptors (Lipinski definition) is 2. The molecule has 0 fully saturated rings. The van der Waals surface area contributed by atoms with E-state index in [1.54, 1.807) is 48.3 Å². The normalized spacial score (nSPS) is 10.4. The van der Waals surface area contributed by atoms with Gasteiger partial charge in [0, 0.05) is 13.6 Å². The fourth-order valence-electron chi connectivity index (χ4n) is 1.98. The van der Waals surface area contributed by atoms with Crippen LogP contribution in [0, 0.1) is 0 Å². The molecule has 21 heavy (non-hydrogen) atoms. The zero-order valence-corrected chi connectivity index (χ0v) is 13.0. The van der Waals surface area contributed by atoms with Crippen LogP contribution < -0.4 is 0 Å². The van der Waals surface area contributed by atoms with Crippen LogP contribution in [-0.4, -0.2) is 23.0 Å². The topological polar surface area (TPSA) is 40.5 Å². The molecule has 0 atom stereocenters. The Balaban J connectivity index is 2.00. The van der Waals surface area contributed by atoms with Gasteiger partial charge in [-0.15, -0.1) is 0 Å². The molecule has 0 saturated carbocycles. The molecule has 0 aromatic heterocycles. The van der Waals surface area contributed by atoms with Gasteiger partial charge in [-0.1, -0.05) is 41.4 Å². The fourth-order valence-corrected chi connectivity index (χ4v) is 2.30. The number of carbonyl (C=O) groups is 1. The summed E-state index contributed by atoms with van der Waals surface area (Å²) in [4.78, 5) is 13.8. The van der Waals surface area contributed by atoms with Crippen molar-refractivity contribution in [1.82, 2.24) is 4.90 Å². The quantitative estimate of drug-likeness (QED) is 0.926. The smallest absolute Gasteiger partial charge is 0.227 e. The molecule has 2 aromatic rings. The van der Waals surface area contributed by atoms with E-state index in [9.17, 15) is 9.90 Å². The van der Waals surface area contributed by atoms with Gasteiger partial charge in [-0.2, -0.15) is 0 Å². The molecule has 2 rings (SSSR count). The van der Waals surface area contributed by atoms with Crippen molar-refractivity contribution in [2.75, 3.05) is 7.05 Å². The first-order valence-corrected chi connectivity index (χ1v) is 7.17. The van der Waals surface area contributed by atoms with Crippen LogP contribution in [0.3, 0.4) is 0 Å². The Morgan fingerprint density at radius 1 is 1.10 bits per heavy atom. The number of hydrogen-bond donors (Lipinski definition) is 1. The third-order valence-corrected chi connectivity index (χ3v) is 3.83. The number of nitrogens with zero attached hydrogens (tertiary/aromatic N) is 1. The van der Waals surface area contributed by atoms with Crippen molar-refractivity contribution in [3.8, 4) is 5.75 Å². The van der Waals surface area contributed by atoms with E-state index in [1.165, 1.54) is 0 Å². The molecule has 0 aliphatic rings. The molecular weight excluding hydrogens is 309 g/mol. The molecule has 0 radical (unpaired) electrons. The Kier molecular flexibility index (Phi) is 5.10. The second-order valence-electron chi connectivity index (χ2n) is 4.84. The summed E-state index contributed by atoms with van der Waals surface area (Å²) in [6.07, 6.45) is 0.256. The Morgan fingerprint density at radius 2 is 1.86 bits per heavy atom. The number of amides is 1. The van der Waals surface area contributed by atoms with Crippen molar-refractivity contribution < 1.29 is 9.90 Å². The molecule has 2 aromatic carbocycles. The van der Waals surface area contributed by atoms with Gasteiger partial charge in [0.05, 0.1) is 16.5 Å². The SMILES string of the molecule is CN(Cc1cccc(O)c1)C(=O)Cc1ccc(Cl)c(Cl)c1. The van der Waals surface area contributed by atoms with Crippen molar-refractivity contribution in [3.63, 3.8) is 0 Å². The molecule has 1 N–H and O–H groups in total. The number of halogens is 2.